The van der Waals surface area contributed by atoms with Gasteiger partial charge in [0.2, 0.25) is 5.91 Å². The van der Waals surface area contributed by atoms with Crippen molar-refractivity contribution in [1.29, 1.82) is 0 Å². The molecule has 0 bridgehead atoms. The second-order valence-electron chi connectivity index (χ2n) is 10.5. The first-order valence-corrected chi connectivity index (χ1v) is 14.1. The Balaban J connectivity index is 1.47. The second-order valence-corrected chi connectivity index (χ2v) is 10.5. The molecule has 1 aliphatic heterocycles. The number of nitrogens with zero attached hydrogens (tertiary/aromatic N) is 2. The molecule has 5 rings (SSSR count). The first-order valence-electron chi connectivity index (χ1n) is 14.1. The highest BCUT2D eigenvalue weighted by molar-refractivity contribution is 5.87. The van der Waals surface area contributed by atoms with E-state index in [1.165, 1.54) is 31.4 Å². The Kier molecular flexibility index (Phi) is 9.01. The van der Waals surface area contributed by atoms with Gasteiger partial charge in [0.25, 0.3) is 0 Å². The summed E-state index contributed by atoms with van der Waals surface area (Å²) in [5, 5.41) is 4.25. The summed E-state index contributed by atoms with van der Waals surface area (Å²) >= 11 is 0. The molecule has 1 atom stereocenters. The van der Waals surface area contributed by atoms with Gasteiger partial charge in [0, 0.05) is 55.1 Å². The lowest BCUT2D eigenvalue weighted by atomic mass is 9.87. The predicted molar refractivity (Wildman–Crippen MR) is 157 cm³/mol. The molecule has 2 heterocycles. The van der Waals surface area contributed by atoms with Crippen LogP contribution in [0, 0.1) is 5.82 Å². The monoisotopic (exact) mass is 543 g/mol. The zero-order valence-electron chi connectivity index (χ0n) is 23.4. The van der Waals surface area contributed by atoms with Gasteiger partial charge in [-0.1, -0.05) is 36.8 Å². The summed E-state index contributed by atoms with van der Waals surface area (Å²) in [6.07, 6.45) is 6.18. The number of aromatic nitrogens is 1. The maximum absolute atomic E-state index is 13.5. The quantitative estimate of drug-likeness (QED) is 0.253. The Labute approximate surface area is 235 Å². The van der Waals surface area contributed by atoms with Crippen LogP contribution in [0.1, 0.15) is 48.3 Å². The molecule has 1 fully saturated rings. The fourth-order valence-electron chi connectivity index (χ4n) is 5.70. The average Bonchev–Trinajstić information content (AvgIpc) is 3.35. The van der Waals surface area contributed by atoms with Crippen LogP contribution in [0.5, 0.6) is 11.5 Å². The van der Waals surface area contributed by atoms with Gasteiger partial charge in [-0.2, -0.15) is 0 Å². The van der Waals surface area contributed by atoms with Gasteiger partial charge in [-0.15, -0.1) is 0 Å². The summed E-state index contributed by atoms with van der Waals surface area (Å²) in [6, 6.07) is 20.6. The van der Waals surface area contributed by atoms with Gasteiger partial charge >= 0.3 is 0 Å². The van der Waals surface area contributed by atoms with Gasteiger partial charge in [-0.05, 0) is 73.0 Å². The molecule has 1 saturated heterocycles. The third-order valence-corrected chi connectivity index (χ3v) is 7.83. The number of carbonyl (C=O) groups excluding carboxylic acids is 1. The molecule has 1 N–H and O–H groups in total. The zero-order chi connectivity index (χ0) is 27.9. The van der Waals surface area contributed by atoms with Gasteiger partial charge in [-0.3, -0.25) is 4.79 Å². The highest BCUT2D eigenvalue weighted by Crippen LogP contribution is 2.38. The van der Waals surface area contributed by atoms with E-state index >= 15 is 0 Å². The average molecular weight is 544 g/mol. The number of carbonyl (C=O) groups is 1. The number of fused-ring (bicyclic) bond motifs is 1. The van der Waals surface area contributed by atoms with Crippen molar-refractivity contribution in [3.63, 3.8) is 0 Å². The lowest BCUT2D eigenvalue weighted by Gasteiger charge is -2.26. The third kappa shape index (κ3) is 6.65. The summed E-state index contributed by atoms with van der Waals surface area (Å²) in [5.74, 6) is 0.900. The van der Waals surface area contributed by atoms with E-state index in [1.54, 1.807) is 14.2 Å². The van der Waals surface area contributed by atoms with E-state index in [1.807, 2.05) is 42.5 Å². The zero-order valence-corrected chi connectivity index (χ0v) is 23.4. The van der Waals surface area contributed by atoms with Crippen LogP contribution in [0.3, 0.4) is 0 Å². The highest BCUT2D eigenvalue weighted by Gasteiger charge is 2.24. The number of nitrogens with one attached hydrogen (secondary N) is 1. The molecule has 0 radical (unpaired) electrons. The van der Waals surface area contributed by atoms with Crippen LogP contribution in [0.4, 0.5) is 4.39 Å². The Morgan fingerprint density at radius 1 is 0.950 bits per heavy atom. The largest absolute Gasteiger partial charge is 0.497 e. The van der Waals surface area contributed by atoms with Crippen molar-refractivity contribution in [3.8, 4) is 11.5 Å². The Hall–Kier alpha value is -3.84. The maximum atomic E-state index is 13.5. The van der Waals surface area contributed by atoms with Crippen LogP contribution >= 0.6 is 0 Å². The molecule has 6 nitrogen and oxygen atoms in total. The Bertz CT molecular complexity index is 1400. The molecule has 3 aromatic carbocycles. The van der Waals surface area contributed by atoms with Crippen LogP contribution in [0.15, 0.2) is 72.9 Å². The summed E-state index contributed by atoms with van der Waals surface area (Å²) in [7, 11) is 3.27. The van der Waals surface area contributed by atoms with Crippen LogP contribution in [0.2, 0.25) is 0 Å². The molecular formula is C33H38FN3O3. The molecule has 4 aromatic rings. The van der Waals surface area contributed by atoms with Crippen LogP contribution in [-0.2, 0) is 11.3 Å². The van der Waals surface area contributed by atoms with Crippen LogP contribution in [0.25, 0.3) is 10.9 Å². The fraction of sp³-hybridized carbons (Fsp3) is 0.364. The number of ether oxygens (including phenoxy) is 2. The molecule has 0 aliphatic carbocycles. The normalized spacial score (nSPS) is 14.7. The standard InChI is InChI=1S/C33H38FN3O3/c1-39-27-18-25(19-28(20-27)40-2)30(21-33(38)35-14-17-36-15-6-3-7-16-36)31-23-37(32-9-5-4-8-29(31)32)22-24-10-12-26(34)13-11-24/h4-5,8-13,18-20,23,30H,3,6-7,14-17,21-22H2,1-2H3,(H,35,38)/t30-/m1/s1. The fourth-order valence-corrected chi connectivity index (χ4v) is 5.70. The number of rotatable bonds is 11. The summed E-state index contributed by atoms with van der Waals surface area (Å²) in [5.41, 5.74) is 4.07. The van der Waals surface area contributed by atoms with Crippen molar-refractivity contribution < 1.29 is 18.7 Å². The van der Waals surface area contributed by atoms with Gasteiger partial charge < -0.3 is 24.3 Å². The van der Waals surface area contributed by atoms with E-state index in [-0.39, 0.29) is 17.6 Å². The SMILES string of the molecule is COc1cc(OC)cc([C@@H](CC(=O)NCCN2CCCCC2)c2cn(Cc3ccc(F)cc3)c3ccccc23)c1. The molecule has 210 valence electrons. The number of hydrogen-bond donors (Lipinski definition) is 1. The smallest absolute Gasteiger partial charge is 0.220 e. The molecule has 1 aliphatic rings. The number of likely N-dealkylation sites (tertiary alicyclic amines) is 1. The molecule has 7 heteroatoms. The summed E-state index contributed by atoms with van der Waals surface area (Å²) in [6.45, 7) is 4.32. The lowest BCUT2D eigenvalue weighted by molar-refractivity contribution is -0.121. The predicted octanol–water partition coefficient (Wildman–Crippen LogP) is 5.97. The summed E-state index contributed by atoms with van der Waals surface area (Å²) < 4.78 is 26.9. The van der Waals surface area contributed by atoms with E-state index < -0.39 is 0 Å². The number of hydrogen-bond acceptors (Lipinski definition) is 4. The molecule has 1 aromatic heterocycles. The molecular weight excluding hydrogens is 505 g/mol. The van der Waals surface area contributed by atoms with E-state index in [0.717, 1.165) is 47.2 Å². The molecule has 1 amide bonds. The van der Waals surface area contributed by atoms with Gasteiger partial charge in [0.15, 0.2) is 0 Å². The topological polar surface area (TPSA) is 55.7 Å². The molecule has 40 heavy (non-hydrogen) atoms. The second kappa shape index (κ2) is 13.0. The van der Waals surface area contributed by atoms with Crippen molar-refractivity contribution in [2.75, 3.05) is 40.4 Å². The van der Waals surface area contributed by atoms with Crippen molar-refractivity contribution in [3.05, 3.63) is 95.4 Å². The van der Waals surface area contributed by atoms with Crippen molar-refractivity contribution in [2.45, 2.75) is 38.1 Å². The summed E-state index contributed by atoms with van der Waals surface area (Å²) in [4.78, 5) is 15.8. The number of amides is 1. The molecule has 0 unspecified atom stereocenters. The minimum absolute atomic E-state index is 0.0131. The Morgan fingerprint density at radius 3 is 2.35 bits per heavy atom. The Morgan fingerprint density at radius 2 is 1.65 bits per heavy atom. The number of benzene rings is 3. The van der Waals surface area contributed by atoms with Gasteiger partial charge in [0.05, 0.1) is 14.2 Å². The first kappa shape index (κ1) is 27.7. The number of halogens is 1. The highest BCUT2D eigenvalue weighted by atomic mass is 19.1. The first-order chi connectivity index (χ1) is 19.5. The molecule has 0 saturated carbocycles. The number of para-hydroxylation sites is 1. The van der Waals surface area contributed by atoms with E-state index in [2.05, 4.69) is 33.1 Å². The number of piperidine rings is 1. The van der Waals surface area contributed by atoms with Crippen molar-refractivity contribution in [1.82, 2.24) is 14.8 Å². The van der Waals surface area contributed by atoms with E-state index in [0.29, 0.717) is 31.0 Å². The lowest BCUT2D eigenvalue weighted by Crippen LogP contribution is -2.38. The van der Waals surface area contributed by atoms with Crippen molar-refractivity contribution >= 4 is 16.8 Å². The van der Waals surface area contributed by atoms with E-state index in [4.69, 9.17) is 9.47 Å². The van der Waals surface area contributed by atoms with Crippen LogP contribution in [-0.4, -0.2) is 55.8 Å². The minimum Gasteiger partial charge on any atom is -0.497 e. The van der Waals surface area contributed by atoms with Crippen molar-refractivity contribution in [2.24, 2.45) is 0 Å². The molecule has 0 spiro atoms. The minimum atomic E-state index is -0.250. The maximum Gasteiger partial charge on any atom is 0.220 e. The number of methoxy groups -OCH3 is 2. The van der Waals surface area contributed by atoms with Gasteiger partial charge in [-0.25, -0.2) is 4.39 Å². The van der Waals surface area contributed by atoms with Gasteiger partial charge in [0.1, 0.15) is 17.3 Å². The van der Waals surface area contributed by atoms with E-state index in [9.17, 15) is 9.18 Å². The van der Waals surface area contributed by atoms with Crippen LogP contribution < -0.4 is 14.8 Å². The third-order valence-electron chi connectivity index (χ3n) is 7.83.